The van der Waals surface area contributed by atoms with E-state index in [0.717, 1.165) is 37.7 Å². The SMILES string of the molecule is C#Cc1ccccc1C(C(=O)NCC(=O)OC)N(CCCCCCCC)C(=O)C(Cc1ccccc1)NC(=O)OC(C)(C)C. The Morgan fingerprint density at radius 2 is 1.57 bits per heavy atom. The number of carbonyl (C=O) groups excluding carboxylic acids is 4. The highest BCUT2D eigenvalue weighted by atomic mass is 16.6. The third-order valence-electron chi connectivity index (χ3n) is 6.91. The largest absolute Gasteiger partial charge is 0.468 e. The van der Waals surface area contributed by atoms with Crippen LogP contribution in [-0.2, 0) is 30.3 Å². The molecule has 0 saturated carbocycles. The predicted molar refractivity (Wildman–Crippen MR) is 171 cm³/mol. The number of terminal acetylenes is 1. The van der Waals surface area contributed by atoms with Crippen LogP contribution < -0.4 is 10.6 Å². The fourth-order valence-electron chi connectivity index (χ4n) is 4.77. The molecule has 0 aliphatic heterocycles. The fraction of sp³-hybridized carbons (Fsp3) is 0.486. The summed E-state index contributed by atoms with van der Waals surface area (Å²) in [5.41, 5.74) is 0.903. The molecule has 0 radical (unpaired) electrons. The van der Waals surface area contributed by atoms with E-state index in [1.165, 1.54) is 12.0 Å². The van der Waals surface area contributed by atoms with Crippen LogP contribution in [0.25, 0.3) is 0 Å². The number of nitrogens with zero attached hydrogens (tertiary/aromatic N) is 1. The van der Waals surface area contributed by atoms with Crippen molar-refractivity contribution in [2.75, 3.05) is 20.2 Å². The van der Waals surface area contributed by atoms with Crippen molar-refractivity contribution < 1.29 is 28.7 Å². The molecule has 9 heteroatoms. The van der Waals surface area contributed by atoms with Crippen LogP contribution in [0.2, 0.25) is 0 Å². The molecule has 0 saturated heterocycles. The lowest BCUT2D eigenvalue weighted by atomic mass is 9.96. The average molecular weight is 606 g/mol. The van der Waals surface area contributed by atoms with Crippen LogP contribution in [0.4, 0.5) is 4.79 Å². The van der Waals surface area contributed by atoms with Crippen LogP contribution >= 0.6 is 0 Å². The van der Waals surface area contributed by atoms with Crippen molar-refractivity contribution in [3.8, 4) is 12.3 Å². The number of methoxy groups -OCH3 is 1. The van der Waals surface area contributed by atoms with Crippen LogP contribution in [0.3, 0.4) is 0 Å². The van der Waals surface area contributed by atoms with Gasteiger partial charge in [-0.2, -0.15) is 0 Å². The van der Waals surface area contributed by atoms with Gasteiger partial charge in [0.1, 0.15) is 24.2 Å². The van der Waals surface area contributed by atoms with Gasteiger partial charge in [-0.05, 0) is 44.4 Å². The Morgan fingerprint density at radius 3 is 2.20 bits per heavy atom. The Balaban J connectivity index is 2.58. The highest BCUT2D eigenvalue weighted by molar-refractivity contribution is 5.93. The van der Waals surface area contributed by atoms with E-state index < -0.39 is 41.6 Å². The van der Waals surface area contributed by atoms with Gasteiger partial charge in [-0.1, -0.05) is 93.5 Å². The van der Waals surface area contributed by atoms with Gasteiger partial charge >= 0.3 is 12.1 Å². The van der Waals surface area contributed by atoms with Gasteiger partial charge in [0, 0.05) is 18.5 Å². The van der Waals surface area contributed by atoms with Gasteiger partial charge in [0.05, 0.1) is 7.11 Å². The van der Waals surface area contributed by atoms with Gasteiger partial charge in [-0.3, -0.25) is 14.4 Å². The summed E-state index contributed by atoms with van der Waals surface area (Å²) in [6, 6.07) is 14.0. The van der Waals surface area contributed by atoms with E-state index in [2.05, 4.69) is 23.5 Å². The molecule has 2 N–H and O–H groups in total. The van der Waals surface area contributed by atoms with E-state index in [4.69, 9.17) is 15.9 Å². The minimum atomic E-state index is -1.17. The topological polar surface area (TPSA) is 114 Å². The van der Waals surface area contributed by atoms with Gasteiger partial charge < -0.3 is 25.0 Å². The van der Waals surface area contributed by atoms with Crippen LogP contribution in [0.1, 0.15) is 89.0 Å². The first-order valence-corrected chi connectivity index (χ1v) is 15.2. The third kappa shape index (κ3) is 12.1. The molecule has 0 heterocycles. The van der Waals surface area contributed by atoms with Gasteiger partial charge in [0.15, 0.2) is 0 Å². The van der Waals surface area contributed by atoms with Crippen molar-refractivity contribution >= 4 is 23.9 Å². The summed E-state index contributed by atoms with van der Waals surface area (Å²) < 4.78 is 10.2. The van der Waals surface area contributed by atoms with E-state index in [1.54, 1.807) is 45.0 Å². The zero-order valence-corrected chi connectivity index (χ0v) is 26.7. The van der Waals surface area contributed by atoms with Gasteiger partial charge in [-0.25, -0.2) is 4.79 Å². The Morgan fingerprint density at radius 1 is 0.932 bits per heavy atom. The van der Waals surface area contributed by atoms with Crippen molar-refractivity contribution in [1.82, 2.24) is 15.5 Å². The summed E-state index contributed by atoms with van der Waals surface area (Å²) in [6.45, 7) is 7.21. The maximum atomic E-state index is 14.6. The lowest BCUT2D eigenvalue weighted by Crippen LogP contribution is -2.54. The van der Waals surface area contributed by atoms with E-state index in [-0.39, 0.29) is 19.5 Å². The van der Waals surface area contributed by atoms with Gasteiger partial charge in [0.25, 0.3) is 0 Å². The van der Waals surface area contributed by atoms with E-state index in [0.29, 0.717) is 17.5 Å². The fourth-order valence-corrected chi connectivity index (χ4v) is 4.77. The molecule has 2 unspecified atom stereocenters. The van der Waals surface area contributed by atoms with Crippen molar-refractivity contribution in [3.63, 3.8) is 0 Å². The number of esters is 1. The summed E-state index contributed by atoms with van der Waals surface area (Å²) in [6.07, 6.45) is 11.0. The van der Waals surface area contributed by atoms with Crippen molar-refractivity contribution in [2.45, 2.75) is 90.3 Å². The standard InChI is InChI=1S/C35H47N3O6/c1-7-9-10-11-12-18-23-38(31(32(40)36-25-30(39)43-6)28-22-17-16-21-27(28)8-2)33(41)29(24-26-19-14-13-15-20-26)37-34(42)44-35(3,4)5/h2,13-17,19-22,29,31H,7,9-12,18,23-25H2,1,3-6H3,(H,36,40)(H,37,42). The summed E-state index contributed by atoms with van der Waals surface area (Å²) >= 11 is 0. The monoisotopic (exact) mass is 605 g/mol. The number of benzene rings is 2. The molecule has 238 valence electrons. The molecule has 2 rings (SSSR count). The van der Waals surface area contributed by atoms with Gasteiger partial charge in [0.2, 0.25) is 11.8 Å². The number of amides is 3. The number of hydrogen-bond donors (Lipinski definition) is 2. The lowest BCUT2D eigenvalue weighted by Gasteiger charge is -2.35. The summed E-state index contributed by atoms with van der Waals surface area (Å²) in [5.74, 6) is 0.921. The average Bonchev–Trinajstić information content (AvgIpc) is 2.99. The smallest absolute Gasteiger partial charge is 0.408 e. The number of alkyl carbamates (subject to hydrolysis) is 1. The van der Waals surface area contributed by atoms with Crippen molar-refractivity contribution in [2.24, 2.45) is 0 Å². The molecule has 2 aromatic carbocycles. The third-order valence-corrected chi connectivity index (χ3v) is 6.91. The molecule has 2 aromatic rings. The number of hydrogen-bond acceptors (Lipinski definition) is 6. The molecule has 0 spiro atoms. The first-order valence-electron chi connectivity index (χ1n) is 15.2. The van der Waals surface area contributed by atoms with Crippen LogP contribution in [-0.4, -0.2) is 60.6 Å². The molecule has 0 fully saturated rings. The van der Waals surface area contributed by atoms with Crippen LogP contribution in [0.5, 0.6) is 0 Å². The highest BCUT2D eigenvalue weighted by Crippen LogP contribution is 2.27. The number of unbranched alkanes of at least 4 members (excludes halogenated alkanes) is 5. The molecule has 2 atom stereocenters. The molecule has 0 aliphatic carbocycles. The Labute approximate surface area is 262 Å². The second-order valence-corrected chi connectivity index (χ2v) is 11.6. The van der Waals surface area contributed by atoms with Crippen molar-refractivity contribution in [1.29, 1.82) is 0 Å². The first-order chi connectivity index (χ1) is 21.0. The van der Waals surface area contributed by atoms with E-state index in [1.807, 2.05) is 30.3 Å². The normalized spacial score (nSPS) is 12.3. The first kappa shape index (κ1) is 35.9. The second kappa shape index (κ2) is 18.4. The highest BCUT2D eigenvalue weighted by Gasteiger charge is 2.37. The predicted octanol–water partition coefficient (Wildman–Crippen LogP) is 5.32. The second-order valence-electron chi connectivity index (χ2n) is 11.6. The number of rotatable bonds is 16. The number of ether oxygens (including phenoxy) is 2. The zero-order chi connectivity index (χ0) is 32.5. The Hall–Kier alpha value is -4.32. The molecule has 3 amide bonds. The maximum absolute atomic E-state index is 14.6. The van der Waals surface area contributed by atoms with Crippen molar-refractivity contribution in [3.05, 3.63) is 71.3 Å². The molecule has 0 aromatic heterocycles. The van der Waals surface area contributed by atoms with Crippen LogP contribution in [0, 0.1) is 12.3 Å². The minimum absolute atomic E-state index is 0.166. The molecular weight excluding hydrogens is 558 g/mol. The molecule has 0 bridgehead atoms. The minimum Gasteiger partial charge on any atom is -0.468 e. The molecule has 0 aliphatic rings. The van der Waals surface area contributed by atoms with E-state index >= 15 is 0 Å². The number of nitrogens with one attached hydrogen (secondary N) is 2. The lowest BCUT2D eigenvalue weighted by molar-refractivity contribution is -0.144. The summed E-state index contributed by atoms with van der Waals surface area (Å²) in [4.78, 5) is 54.8. The quantitative estimate of drug-likeness (QED) is 0.152. The maximum Gasteiger partial charge on any atom is 0.408 e. The van der Waals surface area contributed by atoms with E-state index in [9.17, 15) is 19.2 Å². The number of carbonyl (C=O) groups is 4. The molecular formula is C35H47N3O6. The zero-order valence-electron chi connectivity index (χ0n) is 26.7. The Bertz CT molecular complexity index is 1270. The summed E-state index contributed by atoms with van der Waals surface area (Å²) in [7, 11) is 1.23. The van der Waals surface area contributed by atoms with Crippen LogP contribution in [0.15, 0.2) is 54.6 Å². The summed E-state index contributed by atoms with van der Waals surface area (Å²) in [5, 5.41) is 5.36. The molecule has 9 nitrogen and oxygen atoms in total. The Kier molecular flexibility index (Phi) is 15.0. The van der Waals surface area contributed by atoms with Gasteiger partial charge in [-0.15, -0.1) is 6.42 Å². The molecule has 44 heavy (non-hydrogen) atoms.